The first-order valence-corrected chi connectivity index (χ1v) is 7.40. The van der Waals surface area contributed by atoms with Crippen molar-refractivity contribution in [3.63, 3.8) is 0 Å². The first kappa shape index (κ1) is 13.4. The van der Waals surface area contributed by atoms with E-state index in [4.69, 9.17) is 4.98 Å². The maximum absolute atomic E-state index is 4.70. The molecule has 2 aromatic heterocycles. The number of benzene rings is 2. The minimum Gasteiger partial charge on any atom is -0.261 e. The van der Waals surface area contributed by atoms with E-state index in [-0.39, 0.29) is 0 Å². The number of fused-ring (bicyclic) bond motifs is 1. The van der Waals surface area contributed by atoms with Crippen LogP contribution in [0, 0.1) is 0 Å². The molecule has 0 aliphatic carbocycles. The lowest BCUT2D eigenvalue weighted by molar-refractivity contribution is 0.937. The number of hydrogen-bond donors (Lipinski definition) is 0. The Balaban J connectivity index is 1.88. The Morgan fingerprint density at radius 3 is 2.30 bits per heavy atom. The molecule has 0 saturated carbocycles. The largest absolute Gasteiger partial charge is 0.261 e. The van der Waals surface area contributed by atoms with E-state index in [0.29, 0.717) is 5.95 Å². The van der Waals surface area contributed by atoms with Crippen molar-refractivity contribution in [3.05, 3.63) is 84.4 Å². The van der Waals surface area contributed by atoms with Gasteiger partial charge in [-0.05, 0) is 29.8 Å². The van der Waals surface area contributed by atoms with Crippen molar-refractivity contribution >= 4 is 23.2 Å². The Morgan fingerprint density at radius 2 is 1.48 bits per heavy atom. The second kappa shape index (κ2) is 5.85. The van der Waals surface area contributed by atoms with Crippen LogP contribution in [0.1, 0.15) is 11.4 Å². The molecule has 4 heteroatoms. The maximum Gasteiger partial charge on any atom is 0.235 e. The van der Waals surface area contributed by atoms with Crippen LogP contribution in [0.5, 0.6) is 0 Å². The van der Waals surface area contributed by atoms with Crippen molar-refractivity contribution in [1.29, 1.82) is 0 Å². The van der Waals surface area contributed by atoms with E-state index in [9.17, 15) is 0 Å². The van der Waals surface area contributed by atoms with Crippen molar-refractivity contribution in [2.24, 2.45) is 0 Å². The summed E-state index contributed by atoms with van der Waals surface area (Å²) in [5.41, 5.74) is 3.04. The Hall–Kier alpha value is -3.27. The molecule has 0 N–H and O–H groups in total. The Kier molecular flexibility index (Phi) is 3.41. The molecular formula is C19H14N4. The number of rotatable bonds is 3. The predicted octanol–water partition coefficient (Wildman–Crippen LogP) is 3.99. The molecule has 0 saturated heterocycles. The van der Waals surface area contributed by atoms with Crippen molar-refractivity contribution in [1.82, 2.24) is 19.5 Å². The molecule has 23 heavy (non-hydrogen) atoms. The average Bonchev–Trinajstić information content (AvgIpc) is 3.00. The van der Waals surface area contributed by atoms with Crippen molar-refractivity contribution < 1.29 is 0 Å². The molecule has 4 nitrogen and oxygen atoms in total. The van der Waals surface area contributed by atoms with E-state index in [1.165, 1.54) is 0 Å². The summed E-state index contributed by atoms with van der Waals surface area (Å²) in [7, 11) is 0. The lowest BCUT2D eigenvalue weighted by Crippen LogP contribution is -2.02. The van der Waals surface area contributed by atoms with Crippen molar-refractivity contribution in [2.45, 2.75) is 0 Å². The van der Waals surface area contributed by atoms with Crippen LogP contribution in [0.3, 0.4) is 0 Å². The van der Waals surface area contributed by atoms with Gasteiger partial charge in [0.05, 0.1) is 11.0 Å². The number of para-hydroxylation sites is 2. The van der Waals surface area contributed by atoms with E-state index in [1.807, 2.05) is 65.3 Å². The first-order valence-electron chi connectivity index (χ1n) is 7.40. The minimum absolute atomic E-state index is 0.619. The predicted molar refractivity (Wildman–Crippen MR) is 92.0 cm³/mol. The van der Waals surface area contributed by atoms with Gasteiger partial charge in [-0.15, -0.1) is 0 Å². The van der Waals surface area contributed by atoms with E-state index in [2.05, 4.69) is 22.1 Å². The van der Waals surface area contributed by atoms with Gasteiger partial charge in [-0.3, -0.25) is 4.57 Å². The maximum atomic E-state index is 4.70. The van der Waals surface area contributed by atoms with Gasteiger partial charge in [0.15, 0.2) is 0 Å². The molecule has 0 fully saturated rings. The Labute approximate surface area is 133 Å². The molecule has 2 heterocycles. The first-order chi connectivity index (χ1) is 11.4. The van der Waals surface area contributed by atoms with Gasteiger partial charge in [0, 0.05) is 12.4 Å². The summed E-state index contributed by atoms with van der Waals surface area (Å²) >= 11 is 0. The summed E-state index contributed by atoms with van der Waals surface area (Å²) in [6.07, 6.45) is 7.51. The second-order valence-corrected chi connectivity index (χ2v) is 5.09. The molecule has 0 aliphatic rings. The summed E-state index contributed by atoms with van der Waals surface area (Å²) in [6, 6.07) is 20.0. The topological polar surface area (TPSA) is 43.6 Å². The zero-order valence-electron chi connectivity index (χ0n) is 12.4. The van der Waals surface area contributed by atoms with Gasteiger partial charge >= 0.3 is 0 Å². The van der Waals surface area contributed by atoms with E-state index in [1.54, 1.807) is 12.4 Å². The lowest BCUT2D eigenvalue weighted by Gasteiger charge is -2.04. The molecule has 4 aromatic rings. The normalized spacial score (nSPS) is 11.3. The van der Waals surface area contributed by atoms with Gasteiger partial charge in [0.2, 0.25) is 5.95 Å². The van der Waals surface area contributed by atoms with Crippen LogP contribution >= 0.6 is 0 Å². The smallest absolute Gasteiger partial charge is 0.235 e. The quantitative estimate of drug-likeness (QED) is 0.574. The number of aromatic nitrogens is 4. The Morgan fingerprint density at radius 1 is 0.739 bits per heavy atom. The SMILES string of the molecule is C(=C\c1nc2ccccc2n1-c1ncccn1)/c1ccccc1. The molecule has 2 aromatic carbocycles. The van der Waals surface area contributed by atoms with Crippen LogP contribution in [0.4, 0.5) is 0 Å². The van der Waals surface area contributed by atoms with E-state index >= 15 is 0 Å². The molecule has 0 aliphatic heterocycles. The third-order valence-corrected chi connectivity index (χ3v) is 3.56. The van der Waals surface area contributed by atoms with Gasteiger partial charge < -0.3 is 0 Å². The van der Waals surface area contributed by atoms with Gasteiger partial charge in [0.25, 0.3) is 0 Å². The molecule has 4 rings (SSSR count). The van der Waals surface area contributed by atoms with Crippen LogP contribution in [0.15, 0.2) is 73.1 Å². The van der Waals surface area contributed by atoms with Crippen LogP contribution in [0.2, 0.25) is 0 Å². The van der Waals surface area contributed by atoms with E-state index in [0.717, 1.165) is 22.4 Å². The second-order valence-electron chi connectivity index (χ2n) is 5.09. The highest BCUT2D eigenvalue weighted by atomic mass is 15.2. The average molecular weight is 298 g/mol. The molecule has 110 valence electrons. The van der Waals surface area contributed by atoms with Crippen molar-refractivity contribution in [3.8, 4) is 5.95 Å². The summed E-state index contributed by atoms with van der Waals surface area (Å²) < 4.78 is 1.97. The zero-order chi connectivity index (χ0) is 15.5. The number of hydrogen-bond acceptors (Lipinski definition) is 3. The zero-order valence-corrected chi connectivity index (χ0v) is 12.4. The third kappa shape index (κ3) is 2.62. The van der Waals surface area contributed by atoms with Crippen LogP contribution in [-0.4, -0.2) is 19.5 Å². The van der Waals surface area contributed by atoms with Gasteiger partial charge in [-0.25, -0.2) is 15.0 Å². The fourth-order valence-electron chi connectivity index (χ4n) is 2.51. The van der Waals surface area contributed by atoms with Crippen LogP contribution in [0.25, 0.3) is 29.1 Å². The fourth-order valence-corrected chi connectivity index (χ4v) is 2.51. The highest BCUT2D eigenvalue weighted by Crippen LogP contribution is 2.20. The molecule has 0 spiro atoms. The molecule has 0 amide bonds. The molecule has 0 unspecified atom stereocenters. The molecular weight excluding hydrogens is 284 g/mol. The molecule has 0 bridgehead atoms. The summed E-state index contributed by atoms with van der Waals surface area (Å²) in [6.45, 7) is 0. The van der Waals surface area contributed by atoms with E-state index < -0.39 is 0 Å². The number of imidazole rings is 1. The monoisotopic (exact) mass is 298 g/mol. The van der Waals surface area contributed by atoms with Gasteiger partial charge in [0.1, 0.15) is 5.82 Å². The standard InChI is InChI=1S/C19H14N4/c1-2-7-15(8-3-1)11-12-18-22-16-9-4-5-10-17(16)23(18)19-20-13-6-14-21-19/h1-14H/b12-11+. The Bertz CT molecular complexity index is 957. The summed E-state index contributed by atoms with van der Waals surface area (Å²) in [5, 5.41) is 0. The summed E-state index contributed by atoms with van der Waals surface area (Å²) in [4.78, 5) is 13.4. The van der Waals surface area contributed by atoms with Gasteiger partial charge in [-0.1, -0.05) is 48.5 Å². The summed E-state index contributed by atoms with van der Waals surface area (Å²) in [5.74, 6) is 1.43. The van der Waals surface area contributed by atoms with Crippen molar-refractivity contribution in [2.75, 3.05) is 0 Å². The lowest BCUT2D eigenvalue weighted by atomic mass is 10.2. The van der Waals surface area contributed by atoms with Crippen LogP contribution in [-0.2, 0) is 0 Å². The highest BCUT2D eigenvalue weighted by molar-refractivity contribution is 5.81. The van der Waals surface area contributed by atoms with Crippen LogP contribution < -0.4 is 0 Å². The highest BCUT2D eigenvalue weighted by Gasteiger charge is 2.11. The number of nitrogens with zero attached hydrogens (tertiary/aromatic N) is 4. The van der Waals surface area contributed by atoms with Gasteiger partial charge in [-0.2, -0.15) is 0 Å². The molecule has 0 radical (unpaired) electrons. The molecule has 0 atom stereocenters. The fraction of sp³-hybridized carbons (Fsp3) is 0. The minimum atomic E-state index is 0.619. The third-order valence-electron chi connectivity index (χ3n) is 3.56.